The maximum absolute atomic E-state index is 11.4. The second kappa shape index (κ2) is 7.35. The monoisotopic (exact) mass is 200 g/mol. The molecule has 0 radical (unpaired) electrons. The molecule has 2 amide bonds. The SMILES string of the molecule is CCCCNC(=O)C(=O)N(CC)CC. The lowest BCUT2D eigenvalue weighted by atomic mass is 10.3. The Bertz CT molecular complexity index is 189. The van der Waals surface area contributed by atoms with Crippen LogP contribution in [0.25, 0.3) is 0 Å². The predicted molar refractivity (Wildman–Crippen MR) is 55.8 cm³/mol. The van der Waals surface area contributed by atoms with Gasteiger partial charge in [-0.05, 0) is 20.3 Å². The van der Waals surface area contributed by atoms with Crippen molar-refractivity contribution < 1.29 is 9.59 Å². The zero-order chi connectivity index (χ0) is 11.0. The van der Waals surface area contributed by atoms with Crippen LogP contribution < -0.4 is 5.32 Å². The van der Waals surface area contributed by atoms with E-state index in [2.05, 4.69) is 5.32 Å². The van der Waals surface area contributed by atoms with Crippen molar-refractivity contribution >= 4 is 11.8 Å². The van der Waals surface area contributed by atoms with Gasteiger partial charge >= 0.3 is 11.8 Å². The molecule has 0 atom stereocenters. The first-order valence-electron chi connectivity index (χ1n) is 5.24. The van der Waals surface area contributed by atoms with Crippen LogP contribution in [0.3, 0.4) is 0 Å². The van der Waals surface area contributed by atoms with Gasteiger partial charge in [-0.2, -0.15) is 0 Å². The number of nitrogens with one attached hydrogen (secondary N) is 1. The summed E-state index contributed by atoms with van der Waals surface area (Å²) in [5, 5.41) is 2.60. The summed E-state index contributed by atoms with van der Waals surface area (Å²) in [6.45, 7) is 7.51. The van der Waals surface area contributed by atoms with Gasteiger partial charge in [-0.1, -0.05) is 13.3 Å². The zero-order valence-corrected chi connectivity index (χ0v) is 9.30. The fraction of sp³-hybridized carbons (Fsp3) is 0.800. The van der Waals surface area contributed by atoms with Gasteiger partial charge in [-0.15, -0.1) is 0 Å². The summed E-state index contributed by atoms with van der Waals surface area (Å²) in [6, 6.07) is 0. The van der Waals surface area contributed by atoms with Crippen LogP contribution in [0.1, 0.15) is 33.6 Å². The summed E-state index contributed by atoms with van der Waals surface area (Å²) in [5.41, 5.74) is 0. The number of likely N-dealkylation sites (N-methyl/N-ethyl adjacent to an activating group) is 1. The number of amides is 2. The van der Waals surface area contributed by atoms with Crippen molar-refractivity contribution in [3.63, 3.8) is 0 Å². The molecule has 1 N–H and O–H groups in total. The molecular weight excluding hydrogens is 180 g/mol. The highest BCUT2D eigenvalue weighted by Gasteiger charge is 2.17. The Labute approximate surface area is 85.7 Å². The highest BCUT2D eigenvalue weighted by atomic mass is 16.2. The molecule has 0 saturated heterocycles. The first-order chi connectivity index (χ1) is 6.67. The summed E-state index contributed by atoms with van der Waals surface area (Å²) >= 11 is 0. The lowest BCUT2D eigenvalue weighted by Crippen LogP contribution is -2.43. The van der Waals surface area contributed by atoms with Crippen LogP contribution in [0.15, 0.2) is 0 Å². The average Bonchev–Trinajstić information content (AvgIpc) is 2.19. The quantitative estimate of drug-likeness (QED) is 0.526. The molecule has 0 rings (SSSR count). The van der Waals surface area contributed by atoms with Crippen molar-refractivity contribution in [3.8, 4) is 0 Å². The van der Waals surface area contributed by atoms with Crippen molar-refractivity contribution in [3.05, 3.63) is 0 Å². The molecule has 0 aromatic carbocycles. The lowest BCUT2D eigenvalue weighted by molar-refractivity contribution is -0.145. The third-order valence-corrected chi connectivity index (χ3v) is 2.06. The Hall–Kier alpha value is -1.06. The van der Waals surface area contributed by atoms with E-state index in [0.29, 0.717) is 19.6 Å². The van der Waals surface area contributed by atoms with Crippen LogP contribution in [-0.4, -0.2) is 36.3 Å². The molecule has 0 aliphatic heterocycles. The number of nitrogens with zero attached hydrogens (tertiary/aromatic N) is 1. The number of hydrogen-bond donors (Lipinski definition) is 1. The van der Waals surface area contributed by atoms with E-state index in [0.717, 1.165) is 12.8 Å². The van der Waals surface area contributed by atoms with Crippen LogP contribution in [0.2, 0.25) is 0 Å². The smallest absolute Gasteiger partial charge is 0.311 e. The molecule has 82 valence electrons. The van der Waals surface area contributed by atoms with Gasteiger partial charge in [-0.3, -0.25) is 9.59 Å². The standard InChI is InChI=1S/C10H20N2O2/c1-4-7-8-11-9(13)10(14)12(5-2)6-3/h4-8H2,1-3H3,(H,11,13). The second-order valence-electron chi connectivity index (χ2n) is 3.09. The zero-order valence-electron chi connectivity index (χ0n) is 9.30. The molecule has 0 aromatic heterocycles. The molecule has 0 aromatic rings. The number of carbonyl (C=O) groups excluding carboxylic acids is 2. The van der Waals surface area contributed by atoms with Gasteiger partial charge in [-0.25, -0.2) is 0 Å². The molecule has 0 spiro atoms. The van der Waals surface area contributed by atoms with Crippen molar-refractivity contribution in [1.29, 1.82) is 0 Å². The fourth-order valence-corrected chi connectivity index (χ4v) is 1.11. The Morgan fingerprint density at radius 3 is 2.14 bits per heavy atom. The minimum Gasteiger partial charge on any atom is -0.348 e. The van der Waals surface area contributed by atoms with Crippen LogP contribution in [0.5, 0.6) is 0 Å². The highest BCUT2D eigenvalue weighted by molar-refractivity contribution is 6.34. The number of unbranched alkanes of at least 4 members (excludes halogenated alkanes) is 1. The van der Waals surface area contributed by atoms with Crippen LogP contribution in [0.4, 0.5) is 0 Å². The Kier molecular flexibility index (Phi) is 6.80. The van der Waals surface area contributed by atoms with E-state index in [9.17, 15) is 9.59 Å². The molecule has 0 aliphatic carbocycles. The molecule has 0 fully saturated rings. The Morgan fingerprint density at radius 1 is 1.14 bits per heavy atom. The largest absolute Gasteiger partial charge is 0.348 e. The summed E-state index contributed by atoms with van der Waals surface area (Å²) in [5.74, 6) is -0.909. The summed E-state index contributed by atoms with van der Waals surface area (Å²) in [7, 11) is 0. The van der Waals surface area contributed by atoms with Gasteiger partial charge < -0.3 is 10.2 Å². The van der Waals surface area contributed by atoms with Gasteiger partial charge in [0.1, 0.15) is 0 Å². The van der Waals surface area contributed by atoms with E-state index in [4.69, 9.17) is 0 Å². The molecule has 0 saturated carbocycles. The lowest BCUT2D eigenvalue weighted by Gasteiger charge is -2.17. The second-order valence-corrected chi connectivity index (χ2v) is 3.09. The molecule has 4 heteroatoms. The van der Waals surface area contributed by atoms with Gasteiger partial charge in [0.15, 0.2) is 0 Å². The molecule has 0 heterocycles. The van der Waals surface area contributed by atoms with E-state index in [1.165, 1.54) is 4.90 Å². The molecular formula is C10H20N2O2. The number of carbonyl (C=O) groups is 2. The van der Waals surface area contributed by atoms with E-state index in [1.807, 2.05) is 20.8 Å². The maximum Gasteiger partial charge on any atom is 0.311 e. The van der Waals surface area contributed by atoms with E-state index >= 15 is 0 Å². The topological polar surface area (TPSA) is 49.4 Å². The maximum atomic E-state index is 11.4. The minimum absolute atomic E-state index is 0.425. The van der Waals surface area contributed by atoms with Crippen molar-refractivity contribution in [1.82, 2.24) is 10.2 Å². The Morgan fingerprint density at radius 2 is 1.71 bits per heavy atom. The summed E-state index contributed by atoms with van der Waals surface area (Å²) in [4.78, 5) is 24.2. The summed E-state index contributed by atoms with van der Waals surface area (Å²) < 4.78 is 0. The van der Waals surface area contributed by atoms with E-state index < -0.39 is 11.8 Å². The van der Waals surface area contributed by atoms with Gasteiger partial charge in [0.25, 0.3) is 0 Å². The first-order valence-corrected chi connectivity index (χ1v) is 5.24. The molecule has 4 nitrogen and oxygen atoms in total. The van der Waals surface area contributed by atoms with Crippen LogP contribution in [0, 0.1) is 0 Å². The minimum atomic E-state index is -0.484. The number of hydrogen-bond acceptors (Lipinski definition) is 2. The normalized spacial score (nSPS) is 9.64. The average molecular weight is 200 g/mol. The predicted octanol–water partition coefficient (Wildman–Crippen LogP) is 0.771. The molecule has 0 bridgehead atoms. The van der Waals surface area contributed by atoms with Gasteiger partial charge in [0, 0.05) is 19.6 Å². The number of rotatable bonds is 5. The first kappa shape index (κ1) is 12.9. The third kappa shape index (κ3) is 4.25. The molecule has 0 unspecified atom stereocenters. The fourth-order valence-electron chi connectivity index (χ4n) is 1.11. The molecule has 14 heavy (non-hydrogen) atoms. The van der Waals surface area contributed by atoms with Crippen LogP contribution >= 0.6 is 0 Å². The van der Waals surface area contributed by atoms with Gasteiger partial charge in [0.05, 0.1) is 0 Å². The van der Waals surface area contributed by atoms with E-state index in [1.54, 1.807) is 0 Å². The summed E-state index contributed by atoms with van der Waals surface area (Å²) in [6.07, 6.45) is 1.93. The highest BCUT2D eigenvalue weighted by Crippen LogP contribution is 1.89. The van der Waals surface area contributed by atoms with Crippen molar-refractivity contribution in [2.75, 3.05) is 19.6 Å². The van der Waals surface area contributed by atoms with E-state index in [-0.39, 0.29) is 0 Å². The Balaban J connectivity index is 3.91. The van der Waals surface area contributed by atoms with Crippen LogP contribution in [-0.2, 0) is 9.59 Å². The third-order valence-electron chi connectivity index (χ3n) is 2.06. The molecule has 0 aliphatic rings. The van der Waals surface area contributed by atoms with Crippen molar-refractivity contribution in [2.24, 2.45) is 0 Å². The van der Waals surface area contributed by atoms with Gasteiger partial charge in [0.2, 0.25) is 0 Å². The van der Waals surface area contributed by atoms with Crippen molar-refractivity contribution in [2.45, 2.75) is 33.6 Å².